The Hall–Kier alpha value is -2.01. The molecule has 0 spiro atoms. The van der Waals surface area contributed by atoms with Crippen molar-refractivity contribution in [2.45, 2.75) is 23.5 Å². The van der Waals surface area contributed by atoms with Crippen LogP contribution in [-0.4, -0.2) is 11.1 Å². The van der Waals surface area contributed by atoms with Crippen molar-refractivity contribution in [2.75, 3.05) is 5.73 Å². The van der Waals surface area contributed by atoms with Crippen LogP contribution in [0.25, 0.3) is 0 Å². The van der Waals surface area contributed by atoms with Crippen LogP contribution in [0.4, 0.5) is 10.1 Å². The van der Waals surface area contributed by atoms with Gasteiger partial charge in [-0.25, -0.2) is 4.39 Å². The Morgan fingerprint density at radius 1 is 1.29 bits per heavy atom. The van der Waals surface area contributed by atoms with Gasteiger partial charge in [0.15, 0.2) is 0 Å². The minimum absolute atomic E-state index is 0.145. The molecule has 21 heavy (non-hydrogen) atoms. The van der Waals surface area contributed by atoms with E-state index >= 15 is 0 Å². The standard InChI is InChI=1S/C16H16FNO2S/c1-10(16(19)20)12-4-2-11(3-5-12)9-21-13-6-7-15(18)14(17)8-13/h2-8,10H,9,18H2,1H3,(H,19,20). The highest BCUT2D eigenvalue weighted by molar-refractivity contribution is 7.98. The molecule has 2 aromatic rings. The molecule has 5 heteroatoms. The number of hydrogen-bond donors (Lipinski definition) is 2. The van der Waals surface area contributed by atoms with Gasteiger partial charge in [-0.2, -0.15) is 0 Å². The average molecular weight is 305 g/mol. The Balaban J connectivity index is 2.00. The Bertz CT molecular complexity index is 643. The lowest BCUT2D eigenvalue weighted by atomic mass is 10.0. The first-order valence-corrected chi connectivity index (χ1v) is 7.45. The predicted octanol–water partition coefficient (Wildman–Crippen LogP) is 3.89. The van der Waals surface area contributed by atoms with Crippen LogP contribution in [0.1, 0.15) is 24.0 Å². The molecule has 110 valence electrons. The number of carboxylic acids is 1. The highest BCUT2D eigenvalue weighted by atomic mass is 32.2. The van der Waals surface area contributed by atoms with Crippen molar-refractivity contribution in [2.24, 2.45) is 0 Å². The van der Waals surface area contributed by atoms with Crippen molar-refractivity contribution in [3.05, 3.63) is 59.4 Å². The molecule has 0 bridgehead atoms. The molecule has 0 amide bonds. The number of anilines is 1. The number of rotatable bonds is 5. The molecule has 0 aliphatic carbocycles. The van der Waals surface area contributed by atoms with E-state index in [9.17, 15) is 9.18 Å². The molecule has 0 aliphatic heterocycles. The van der Waals surface area contributed by atoms with Gasteiger partial charge in [-0.15, -0.1) is 11.8 Å². The Morgan fingerprint density at radius 2 is 1.95 bits per heavy atom. The van der Waals surface area contributed by atoms with Gasteiger partial charge in [-0.1, -0.05) is 24.3 Å². The summed E-state index contributed by atoms with van der Waals surface area (Å²) in [5, 5.41) is 8.96. The van der Waals surface area contributed by atoms with Crippen LogP contribution in [-0.2, 0) is 10.5 Å². The fourth-order valence-corrected chi connectivity index (χ4v) is 2.69. The molecule has 0 radical (unpaired) electrons. The minimum atomic E-state index is -0.838. The number of carbonyl (C=O) groups is 1. The summed E-state index contributed by atoms with van der Waals surface area (Å²) in [4.78, 5) is 11.7. The number of halogens is 1. The van der Waals surface area contributed by atoms with E-state index in [1.807, 2.05) is 24.3 Å². The predicted molar refractivity (Wildman–Crippen MR) is 82.9 cm³/mol. The first-order chi connectivity index (χ1) is 9.97. The molecule has 2 rings (SSSR count). The van der Waals surface area contributed by atoms with Crippen LogP contribution in [0.5, 0.6) is 0 Å². The number of benzene rings is 2. The quantitative estimate of drug-likeness (QED) is 0.650. The lowest BCUT2D eigenvalue weighted by molar-refractivity contribution is -0.138. The fourth-order valence-electron chi connectivity index (χ4n) is 1.81. The van der Waals surface area contributed by atoms with Crippen LogP contribution < -0.4 is 5.73 Å². The van der Waals surface area contributed by atoms with E-state index in [1.54, 1.807) is 19.1 Å². The van der Waals surface area contributed by atoms with Crippen molar-refractivity contribution in [3.63, 3.8) is 0 Å². The van der Waals surface area contributed by atoms with E-state index in [0.29, 0.717) is 5.75 Å². The van der Waals surface area contributed by atoms with Crippen molar-refractivity contribution < 1.29 is 14.3 Å². The molecular weight excluding hydrogens is 289 g/mol. The third kappa shape index (κ3) is 3.98. The number of thioether (sulfide) groups is 1. The van der Waals surface area contributed by atoms with Crippen LogP contribution in [0.3, 0.4) is 0 Å². The minimum Gasteiger partial charge on any atom is -0.481 e. The van der Waals surface area contributed by atoms with E-state index in [4.69, 9.17) is 10.8 Å². The lowest BCUT2D eigenvalue weighted by Crippen LogP contribution is -2.07. The number of nitrogens with two attached hydrogens (primary N) is 1. The molecule has 0 aliphatic rings. The molecule has 1 unspecified atom stereocenters. The highest BCUT2D eigenvalue weighted by Crippen LogP contribution is 2.26. The second-order valence-corrected chi connectivity index (χ2v) is 5.82. The fraction of sp³-hybridized carbons (Fsp3) is 0.188. The van der Waals surface area contributed by atoms with Crippen LogP contribution >= 0.6 is 11.8 Å². The zero-order chi connectivity index (χ0) is 15.4. The summed E-state index contributed by atoms with van der Waals surface area (Å²) in [5.41, 5.74) is 7.41. The SMILES string of the molecule is CC(C(=O)O)c1ccc(CSc2ccc(N)c(F)c2)cc1. The molecule has 0 saturated heterocycles. The maximum Gasteiger partial charge on any atom is 0.310 e. The molecule has 0 saturated carbocycles. The third-order valence-corrected chi connectivity index (χ3v) is 4.29. The van der Waals surface area contributed by atoms with Gasteiger partial charge in [0, 0.05) is 10.6 Å². The molecule has 0 aromatic heterocycles. The summed E-state index contributed by atoms with van der Waals surface area (Å²) in [6.45, 7) is 1.66. The highest BCUT2D eigenvalue weighted by Gasteiger charge is 2.12. The Kier molecular flexibility index (Phi) is 4.85. The molecule has 0 fully saturated rings. The molecule has 3 nitrogen and oxygen atoms in total. The van der Waals surface area contributed by atoms with Gasteiger partial charge in [0.1, 0.15) is 5.82 Å². The van der Waals surface area contributed by atoms with Crippen molar-refractivity contribution >= 4 is 23.4 Å². The van der Waals surface area contributed by atoms with E-state index in [1.165, 1.54) is 17.8 Å². The van der Waals surface area contributed by atoms with Crippen molar-refractivity contribution in [1.82, 2.24) is 0 Å². The first kappa shape index (κ1) is 15.4. The summed E-state index contributed by atoms with van der Waals surface area (Å²) >= 11 is 1.51. The zero-order valence-electron chi connectivity index (χ0n) is 11.5. The number of nitrogen functional groups attached to an aromatic ring is 1. The molecular formula is C16H16FNO2S. The zero-order valence-corrected chi connectivity index (χ0v) is 12.4. The molecule has 3 N–H and O–H groups in total. The van der Waals surface area contributed by atoms with Crippen molar-refractivity contribution in [1.29, 1.82) is 0 Å². The van der Waals surface area contributed by atoms with Gasteiger partial charge in [-0.3, -0.25) is 4.79 Å². The summed E-state index contributed by atoms with van der Waals surface area (Å²) in [5.74, 6) is -1.08. The van der Waals surface area contributed by atoms with E-state index < -0.39 is 17.7 Å². The summed E-state index contributed by atoms with van der Waals surface area (Å²) in [6.07, 6.45) is 0. The third-order valence-electron chi connectivity index (χ3n) is 3.23. The maximum atomic E-state index is 13.3. The van der Waals surface area contributed by atoms with Crippen LogP contribution in [0.15, 0.2) is 47.4 Å². The van der Waals surface area contributed by atoms with Crippen LogP contribution in [0.2, 0.25) is 0 Å². The molecule has 1 atom stereocenters. The average Bonchev–Trinajstić information content (AvgIpc) is 2.48. The first-order valence-electron chi connectivity index (χ1n) is 6.47. The van der Waals surface area contributed by atoms with Gasteiger partial charge in [0.05, 0.1) is 11.6 Å². The number of aliphatic carboxylic acids is 1. The van der Waals surface area contributed by atoms with Gasteiger partial charge in [0.2, 0.25) is 0 Å². The second kappa shape index (κ2) is 6.63. The van der Waals surface area contributed by atoms with E-state index in [0.717, 1.165) is 16.0 Å². The Labute approximate surface area is 127 Å². The summed E-state index contributed by atoms with van der Waals surface area (Å²) in [6, 6.07) is 12.2. The van der Waals surface area contributed by atoms with Gasteiger partial charge in [0.25, 0.3) is 0 Å². The lowest BCUT2D eigenvalue weighted by Gasteiger charge is -2.08. The van der Waals surface area contributed by atoms with E-state index in [2.05, 4.69) is 0 Å². The molecule has 2 aromatic carbocycles. The number of hydrogen-bond acceptors (Lipinski definition) is 3. The van der Waals surface area contributed by atoms with E-state index in [-0.39, 0.29) is 5.69 Å². The summed E-state index contributed by atoms with van der Waals surface area (Å²) in [7, 11) is 0. The van der Waals surface area contributed by atoms with Crippen molar-refractivity contribution in [3.8, 4) is 0 Å². The van der Waals surface area contributed by atoms with Gasteiger partial charge >= 0.3 is 5.97 Å². The smallest absolute Gasteiger partial charge is 0.310 e. The second-order valence-electron chi connectivity index (χ2n) is 4.77. The van der Waals surface area contributed by atoms with Gasteiger partial charge in [-0.05, 0) is 36.2 Å². The largest absolute Gasteiger partial charge is 0.481 e. The maximum absolute atomic E-state index is 13.3. The van der Waals surface area contributed by atoms with Crippen LogP contribution in [0, 0.1) is 5.82 Å². The topological polar surface area (TPSA) is 63.3 Å². The Morgan fingerprint density at radius 3 is 2.52 bits per heavy atom. The van der Waals surface area contributed by atoms with Gasteiger partial charge < -0.3 is 10.8 Å². The summed E-state index contributed by atoms with van der Waals surface area (Å²) < 4.78 is 13.3. The normalized spacial score (nSPS) is 12.1. The molecule has 0 heterocycles. The monoisotopic (exact) mass is 305 g/mol. The number of carboxylic acid groups (broad SMARTS) is 1.